The van der Waals surface area contributed by atoms with E-state index in [0.29, 0.717) is 19.4 Å². The lowest BCUT2D eigenvalue weighted by atomic mass is 10.1. The Balaban J connectivity index is 1.86. The van der Waals surface area contributed by atoms with Gasteiger partial charge in [0.2, 0.25) is 0 Å². The third-order valence-corrected chi connectivity index (χ3v) is 3.88. The van der Waals surface area contributed by atoms with Crippen molar-refractivity contribution < 1.29 is 4.79 Å². The van der Waals surface area contributed by atoms with E-state index in [9.17, 15) is 4.79 Å². The maximum absolute atomic E-state index is 11.8. The van der Waals surface area contributed by atoms with E-state index >= 15 is 0 Å². The number of para-hydroxylation sites is 1. The molecular weight excluding hydrogens is 244 g/mol. The molecule has 0 radical (unpaired) electrons. The summed E-state index contributed by atoms with van der Waals surface area (Å²) in [7, 11) is 0. The van der Waals surface area contributed by atoms with Gasteiger partial charge in [0.25, 0.3) is 0 Å². The zero-order chi connectivity index (χ0) is 12.8. The molecule has 0 atom stereocenters. The van der Waals surface area contributed by atoms with Crippen molar-refractivity contribution in [1.82, 2.24) is 4.98 Å². The lowest BCUT2D eigenvalue weighted by Gasteiger charge is -1.98. The van der Waals surface area contributed by atoms with E-state index in [1.54, 1.807) is 11.3 Å². The summed E-state index contributed by atoms with van der Waals surface area (Å²) in [6.07, 6.45) is 4.12. The minimum atomic E-state index is 0.283. The van der Waals surface area contributed by atoms with Crippen LogP contribution in [0.4, 0.5) is 0 Å². The van der Waals surface area contributed by atoms with Crippen LogP contribution < -0.4 is 5.73 Å². The molecule has 0 saturated carbocycles. The number of nitrogens with zero attached hydrogens (tertiary/aromatic N) is 1. The number of aromatic nitrogens is 1. The number of thiazole rings is 1. The molecule has 0 aliphatic heterocycles. The van der Waals surface area contributed by atoms with E-state index < -0.39 is 0 Å². The molecule has 0 saturated heterocycles. The lowest BCUT2D eigenvalue weighted by Crippen LogP contribution is -2.03. The molecular formula is C14H18N2OS. The average molecular weight is 262 g/mol. The summed E-state index contributed by atoms with van der Waals surface area (Å²) in [5.74, 6) is 0.283. The van der Waals surface area contributed by atoms with Gasteiger partial charge < -0.3 is 5.73 Å². The van der Waals surface area contributed by atoms with Gasteiger partial charge in [-0.25, -0.2) is 4.98 Å². The van der Waals surface area contributed by atoms with Gasteiger partial charge in [-0.1, -0.05) is 18.6 Å². The van der Waals surface area contributed by atoms with Crippen LogP contribution >= 0.6 is 11.3 Å². The highest BCUT2D eigenvalue weighted by atomic mass is 32.1. The number of Topliss-reactive ketones (excluding diaryl/α,β-unsaturated/α-hetero) is 1. The van der Waals surface area contributed by atoms with E-state index in [1.165, 1.54) is 0 Å². The molecule has 3 nitrogen and oxygen atoms in total. The maximum atomic E-state index is 11.8. The Bertz CT molecular complexity index is 488. The molecule has 1 aromatic heterocycles. The molecule has 2 aromatic rings. The highest BCUT2D eigenvalue weighted by molar-refractivity contribution is 7.18. The largest absolute Gasteiger partial charge is 0.330 e. The van der Waals surface area contributed by atoms with Crippen molar-refractivity contribution in [2.45, 2.75) is 32.1 Å². The second-order valence-corrected chi connectivity index (χ2v) is 5.51. The van der Waals surface area contributed by atoms with E-state index in [0.717, 1.165) is 34.5 Å². The molecule has 2 rings (SSSR count). The molecule has 4 heteroatoms. The zero-order valence-electron chi connectivity index (χ0n) is 10.4. The number of carbonyl (C=O) groups is 1. The fraction of sp³-hybridized carbons (Fsp3) is 0.429. The molecule has 0 unspecified atom stereocenters. The number of carbonyl (C=O) groups excluding carboxylic acids is 1. The fourth-order valence-corrected chi connectivity index (χ4v) is 2.89. The second kappa shape index (κ2) is 6.61. The van der Waals surface area contributed by atoms with Gasteiger partial charge in [-0.05, 0) is 31.5 Å². The number of benzene rings is 1. The normalized spacial score (nSPS) is 10.9. The van der Waals surface area contributed by atoms with Crippen LogP contribution in [0.15, 0.2) is 24.3 Å². The van der Waals surface area contributed by atoms with Crippen molar-refractivity contribution in [2.24, 2.45) is 5.73 Å². The van der Waals surface area contributed by atoms with Crippen molar-refractivity contribution in [1.29, 1.82) is 0 Å². The molecule has 0 amide bonds. The fourth-order valence-electron chi connectivity index (χ4n) is 1.90. The van der Waals surface area contributed by atoms with Crippen LogP contribution in [0.5, 0.6) is 0 Å². The number of nitrogens with two attached hydrogens (primary N) is 1. The molecule has 0 aliphatic rings. The first kappa shape index (κ1) is 13.2. The third-order valence-electron chi connectivity index (χ3n) is 2.85. The number of hydrogen-bond acceptors (Lipinski definition) is 4. The highest BCUT2D eigenvalue weighted by Gasteiger charge is 2.08. The van der Waals surface area contributed by atoms with Gasteiger partial charge >= 0.3 is 0 Å². The first-order chi connectivity index (χ1) is 8.79. The van der Waals surface area contributed by atoms with Crippen LogP contribution in [0, 0.1) is 0 Å². The molecule has 18 heavy (non-hydrogen) atoms. The van der Waals surface area contributed by atoms with Gasteiger partial charge in [0, 0.05) is 6.42 Å². The van der Waals surface area contributed by atoms with E-state index in [4.69, 9.17) is 5.73 Å². The zero-order valence-corrected chi connectivity index (χ0v) is 11.2. The molecule has 1 aromatic carbocycles. The summed E-state index contributed by atoms with van der Waals surface area (Å²) in [5, 5.41) is 0.931. The molecule has 0 fully saturated rings. The first-order valence-corrected chi connectivity index (χ1v) is 7.17. The minimum Gasteiger partial charge on any atom is -0.330 e. The van der Waals surface area contributed by atoms with Crippen molar-refractivity contribution in [3.8, 4) is 0 Å². The number of unbranched alkanes of at least 4 members (excludes halogenated alkanes) is 2. The van der Waals surface area contributed by atoms with Gasteiger partial charge in [0.05, 0.1) is 16.6 Å². The van der Waals surface area contributed by atoms with Gasteiger partial charge in [-0.15, -0.1) is 11.3 Å². The Morgan fingerprint density at radius 1 is 1.22 bits per heavy atom. The summed E-state index contributed by atoms with van der Waals surface area (Å²) in [5.41, 5.74) is 6.41. The maximum Gasteiger partial charge on any atom is 0.139 e. The summed E-state index contributed by atoms with van der Waals surface area (Å²) in [4.78, 5) is 16.3. The second-order valence-electron chi connectivity index (χ2n) is 4.39. The SMILES string of the molecule is NCCCCCC(=O)Cc1nc2ccccc2s1. The Hall–Kier alpha value is -1.26. The standard InChI is InChI=1S/C14H18N2OS/c15-9-5-1-2-6-11(17)10-14-16-12-7-3-4-8-13(12)18-14/h3-4,7-8H,1-2,5-6,9-10,15H2. The van der Waals surface area contributed by atoms with Crippen LogP contribution in [0.25, 0.3) is 10.2 Å². The highest BCUT2D eigenvalue weighted by Crippen LogP contribution is 2.22. The molecule has 0 bridgehead atoms. The Morgan fingerprint density at radius 3 is 2.83 bits per heavy atom. The van der Waals surface area contributed by atoms with Gasteiger partial charge in [-0.3, -0.25) is 4.79 Å². The van der Waals surface area contributed by atoms with Crippen molar-refractivity contribution in [3.63, 3.8) is 0 Å². The first-order valence-electron chi connectivity index (χ1n) is 6.36. The summed E-state index contributed by atoms with van der Waals surface area (Å²) >= 11 is 1.62. The predicted molar refractivity (Wildman–Crippen MR) is 75.9 cm³/mol. The van der Waals surface area contributed by atoms with Crippen LogP contribution in [0.2, 0.25) is 0 Å². The van der Waals surface area contributed by atoms with Crippen LogP contribution in [-0.4, -0.2) is 17.3 Å². The minimum absolute atomic E-state index is 0.283. The van der Waals surface area contributed by atoms with Crippen molar-refractivity contribution in [3.05, 3.63) is 29.3 Å². The lowest BCUT2D eigenvalue weighted by molar-refractivity contribution is -0.118. The monoisotopic (exact) mass is 262 g/mol. The van der Waals surface area contributed by atoms with Gasteiger partial charge in [0.1, 0.15) is 10.8 Å². The quantitative estimate of drug-likeness (QED) is 0.780. The van der Waals surface area contributed by atoms with Gasteiger partial charge in [0.15, 0.2) is 0 Å². The summed E-state index contributed by atoms with van der Waals surface area (Å²) in [6.45, 7) is 0.714. The third kappa shape index (κ3) is 3.62. The summed E-state index contributed by atoms with van der Waals surface area (Å²) in [6, 6.07) is 8.00. The van der Waals surface area contributed by atoms with Crippen LogP contribution in [0.3, 0.4) is 0 Å². The van der Waals surface area contributed by atoms with Crippen LogP contribution in [-0.2, 0) is 11.2 Å². The van der Waals surface area contributed by atoms with Crippen LogP contribution in [0.1, 0.15) is 30.7 Å². The number of rotatable bonds is 7. The molecule has 1 heterocycles. The smallest absolute Gasteiger partial charge is 0.139 e. The number of fused-ring (bicyclic) bond motifs is 1. The van der Waals surface area contributed by atoms with Crippen molar-refractivity contribution in [2.75, 3.05) is 6.54 Å². The molecule has 0 aliphatic carbocycles. The Kier molecular flexibility index (Phi) is 4.84. The molecule has 96 valence electrons. The van der Waals surface area contributed by atoms with Crippen molar-refractivity contribution >= 4 is 27.3 Å². The Labute approximate surface area is 111 Å². The van der Waals surface area contributed by atoms with E-state index in [-0.39, 0.29) is 5.78 Å². The van der Waals surface area contributed by atoms with Gasteiger partial charge in [-0.2, -0.15) is 0 Å². The molecule has 0 spiro atoms. The Morgan fingerprint density at radius 2 is 2.06 bits per heavy atom. The van der Waals surface area contributed by atoms with E-state index in [1.807, 2.05) is 24.3 Å². The topological polar surface area (TPSA) is 56.0 Å². The summed E-state index contributed by atoms with van der Waals surface area (Å²) < 4.78 is 1.16. The average Bonchev–Trinajstić information content (AvgIpc) is 2.76. The van der Waals surface area contributed by atoms with E-state index in [2.05, 4.69) is 4.98 Å². The number of ketones is 1. The molecule has 2 N–H and O–H groups in total. The number of hydrogen-bond donors (Lipinski definition) is 1. The predicted octanol–water partition coefficient (Wildman–Crippen LogP) is 2.93.